The van der Waals surface area contributed by atoms with Gasteiger partial charge in [-0.2, -0.15) is 0 Å². The molecule has 0 radical (unpaired) electrons. The first-order valence-corrected chi connectivity index (χ1v) is 8.35. The highest BCUT2D eigenvalue weighted by atomic mass is 32.2. The van der Waals surface area contributed by atoms with E-state index in [1.54, 1.807) is 11.8 Å². The lowest BCUT2D eigenvalue weighted by atomic mass is 9.96. The largest absolute Gasteiger partial charge is 0.360 e. The van der Waals surface area contributed by atoms with E-state index in [1.165, 1.54) is 6.42 Å². The SMILES string of the molecule is CCC1(C)CCSC(=NCCC(=O)N2CCCC2)N1. The van der Waals surface area contributed by atoms with E-state index in [2.05, 4.69) is 24.2 Å². The lowest BCUT2D eigenvalue weighted by Gasteiger charge is -2.35. The third kappa shape index (κ3) is 4.13. The third-order valence-corrected chi connectivity index (χ3v) is 5.03. The molecule has 1 amide bonds. The van der Waals surface area contributed by atoms with Gasteiger partial charge in [0.05, 0.1) is 6.54 Å². The Bertz CT molecular complexity index is 353. The van der Waals surface area contributed by atoms with Crippen LogP contribution >= 0.6 is 11.8 Å². The molecule has 2 aliphatic heterocycles. The van der Waals surface area contributed by atoms with Crippen LogP contribution in [0.25, 0.3) is 0 Å². The smallest absolute Gasteiger partial charge is 0.224 e. The molecule has 2 heterocycles. The molecule has 0 aromatic rings. The molecule has 1 atom stereocenters. The molecule has 5 heteroatoms. The number of hydrogen-bond acceptors (Lipinski definition) is 3. The minimum absolute atomic E-state index is 0.184. The predicted molar refractivity (Wildman–Crippen MR) is 81.6 cm³/mol. The van der Waals surface area contributed by atoms with Crippen LogP contribution in [0.3, 0.4) is 0 Å². The predicted octanol–water partition coefficient (Wildman–Crippen LogP) is 2.25. The average molecular weight is 283 g/mol. The van der Waals surface area contributed by atoms with Gasteiger partial charge in [0.2, 0.25) is 5.91 Å². The van der Waals surface area contributed by atoms with Crippen molar-refractivity contribution in [3.63, 3.8) is 0 Å². The summed E-state index contributed by atoms with van der Waals surface area (Å²) in [6.45, 7) is 6.95. The number of thioether (sulfide) groups is 1. The molecule has 0 spiro atoms. The van der Waals surface area contributed by atoms with Crippen molar-refractivity contribution < 1.29 is 4.79 Å². The second-order valence-corrected chi connectivity index (χ2v) is 6.75. The lowest BCUT2D eigenvalue weighted by Crippen LogP contribution is -2.48. The highest BCUT2D eigenvalue weighted by molar-refractivity contribution is 8.13. The van der Waals surface area contributed by atoms with Crippen molar-refractivity contribution in [2.24, 2.45) is 4.99 Å². The highest BCUT2D eigenvalue weighted by Crippen LogP contribution is 2.24. The topological polar surface area (TPSA) is 44.7 Å². The summed E-state index contributed by atoms with van der Waals surface area (Å²) in [4.78, 5) is 18.4. The van der Waals surface area contributed by atoms with Crippen LogP contribution < -0.4 is 5.32 Å². The number of amidine groups is 1. The Balaban J connectivity index is 1.77. The van der Waals surface area contributed by atoms with Gasteiger partial charge in [0.1, 0.15) is 0 Å². The van der Waals surface area contributed by atoms with Crippen LogP contribution in [0.1, 0.15) is 46.0 Å². The number of rotatable bonds is 4. The van der Waals surface area contributed by atoms with Crippen LogP contribution in [-0.4, -0.2) is 46.9 Å². The van der Waals surface area contributed by atoms with E-state index in [-0.39, 0.29) is 11.4 Å². The average Bonchev–Trinajstić information content (AvgIpc) is 2.93. The first-order valence-electron chi connectivity index (χ1n) is 7.36. The maximum atomic E-state index is 11.9. The molecule has 0 aliphatic carbocycles. The zero-order valence-electron chi connectivity index (χ0n) is 12.1. The number of carbonyl (C=O) groups excluding carboxylic acids is 1. The normalized spacial score (nSPS) is 29.6. The van der Waals surface area contributed by atoms with Crippen molar-refractivity contribution in [1.82, 2.24) is 10.2 Å². The number of nitrogens with zero attached hydrogens (tertiary/aromatic N) is 2. The first kappa shape index (κ1) is 14.7. The fraction of sp³-hybridized carbons (Fsp3) is 0.857. The summed E-state index contributed by atoms with van der Waals surface area (Å²) in [6, 6.07) is 0. The Kier molecular flexibility index (Phi) is 5.13. The Morgan fingerprint density at radius 1 is 1.47 bits per heavy atom. The van der Waals surface area contributed by atoms with Crippen molar-refractivity contribution in [3.05, 3.63) is 0 Å². The molecular weight excluding hydrogens is 258 g/mol. The molecule has 19 heavy (non-hydrogen) atoms. The summed E-state index contributed by atoms with van der Waals surface area (Å²) >= 11 is 1.78. The Morgan fingerprint density at radius 3 is 2.89 bits per heavy atom. The molecule has 2 aliphatic rings. The zero-order valence-corrected chi connectivity index (χ0v) is 12.9. The van der Waals surface area contributed by atoms with Crippen molar-refractivity contribution in [2.45, 2.75) is 51.5 Å². The number of hydrogen-bond donors (Lipinski definition) is 1. The van der Waals surface area contributed by atoms with Gasteiger partial charge in [-0.1, -0.05) is 18.7 Å². The number of nitrogens with one attached hydrogen (secondary N) is 1. The van der Waals surface area contributed by atoms with E-state index >= 15 is 0 Å². The number of likely N-dealkylation sites (tertiary alicyclic amines) is 1. The zero-order chi connectivity index (χ0) is 13.7. The van der Waals surface area contributed by atoms with Crippen LogP contribution in [-0.2, 0) is 4.79 Å². The summed E-state index contributed by atoms with van der Waals surface area (Å²) in [6.07, 6.45) is 5.16. The fourth-order valence-corrected chi connectivity index (χ4v) is 3.70. The molecule has 0 aromatic heterocycles. The van der Waals surface area contributed by atoms with Gasteiger partial charge >= 0.3 is 0 Å². The standard InChI is InChI=1S/C14H25N3OS/c1-3-14(2)7-11-19-13(16-14)15-8-6-12(18)17-9-4-5-10-17/h3-11H2,1-2H3,(H,15,16). The van der Waals surface area contributed by atoms with E-state index in [1.807, 2.05) is 4.90 Å². The van der Waals surface area contributed by atoms with E-state index in [0.717, 1.165) is 43.3 Å². The molecule has 0 saturated carbocycles. The summed E-state index contributed by atoms with van der Waals surface area (Å²) in [5, 5.41) is 4.53. The van der Waals surface area contributed by atoms with E-state index in [9.17, 15) is 4.79 Å². The molecule has 0 aromatic carbocycles. The van der Waals surface area contributed by atoms with E-state index < -0.39 is 0 Å². The van der Waals surface area contributed by atoms with Crippen molar-refractivity contribution in [1.29, 1.82) is 0 Å². The monoisotopic (exact) mass is 283 g/mol. The van der Waals surface area contributed by atoms with Crippen LogP contribution in [0.4, 0.5) is 0 Å². The highest BCUT2D eigenvalue weighted by Gasteiger charge is 2.27. The fourth-order valence-electron chi connectivity index (χ4n) is 2.46. The molecule has 2 saturated heterocycles. The summed E-state index contributed by atoms with van der Waals surface area (Å²) in [5.41, 5.74) is 0.184. The van der Waals surface area contributed by atoms with E-state index in [4.69, 9.17) is 0 Å². The van der Waals surface area contributed by atoms with Crippen molar-refractivity contribution in [2.75, 3.05) is 25.4 Å². The first-order chi connectivity index (χ1) is 9.13. The van der Waals surface area contributed by atoms with Gasteiger partial charge in [0.15, 0.2) is 5.17 Å². The second kappa shape index (κ2) is 6.64. The van der Waals surface area contributed by atoms with Crippen LogP contribution in [0.2, 0.25) is 0 Å². The van der Waals surface area contributed by atoms with Crippen LogP contribution in [0.5, 0.6) is 0 Å². The maximum absolute atomic E-state index is 11.9. The Labute approximate surface area is 120 Å². The van der Waals surface area contributed by atoms with Crippen LogP contribution in [0.15, 0.2) is 4.99 Å². The van der Waals surface area contributed by atoms with Gasteiger partial charge in [0.25, 0.3) is 0 Å². The third-order valence-electron chi connectivity index (χ3n) is 4.12. The van der Waals surface area contributed by atoms with Crippen molar-refractivity contribution >= 4 is 22.8 Å². The Morgan fingerprint density at radius 2 is 2.21 bits per heavy atom. The van der Waals surface area contributed by atoms with Gasteiger partial charge in [-0.3, -0.25) is 9.79 Å². The molecule has 2 rings (SSSR count). The molecule has 0 bridgehead atoms. The quantitative estimate of drug-likeness (QED) is 0.860. The Hall–Kier alpha value is -0.710. The number of amides is 1. The lowest BCUT2D eigenvalue weighted by molar-refractivity contribution is -0.129. The molecule has 2 fully saturated rings. The minimum Gasteiger partial charge on any atom is -0.360 e. The van der Waals surface area contributed by atoms with Gasteiger partial charge in [-0.05, 0) is 32.6 Å². The van der Waals surface area contributed by atoms with Crippen LogP contribution in [0, 0.1) is 0 Å². The molecule has 108 valence electrons. The minimum atomic E-state index is 0.184. The summed E-state index contributed by atoms with van der Waals surface area (Å²) in [5.74, 6) is 1.39. The van der Waals surface area contributed by atoms with Gasteiger partial charge in [-0.15, -0.1) is 0 Å². The maximum Gasteiger partial charge on any atom is 0.224 e. The second-order valence-electron chi connectivity index (χ2n) is 5.66. The molecule has 1 N–H and O–H groups in total. The molecular formula is C14H25N3OS. The van der Waals surface area contributed by atoms with Crippen molar-refractivity contribution in [3.8, 4) is 0 Å². The summed E-state index contributed by atoms with van der Waals surface area (Å²) in [7, 11) is 0. The molecule has 1 unspecified atom stereocenters. The number of aliphatic imine (C=N–C) groups is 1. The van der Waals surface area contributed by atoms with Gasteiger partial charge in [-0.25, -0.2) is 0 Å². The molecule has 4 nitrogen and oxygen atoms in total. The van der Waals surface area contributed by atoms with Gasteiger partial charge < -0.3 is 10.2 Å². The summed E-state index contributed by atoms with van der Waals surface area (Å²) < 4.78 is 0. The number of carbonyl (C=O) groups is 1. The van der Waals surface area contributed by atoms with E-state index in [0.29, 0.717) is 13.0 Å². The van der Waals surface area contributed by atoms with Gasteiger partial charge in [0, 0.05) is 30.8 Å².